The van der Waals surface area contributed by atoms with Gasteiger partial charge in [0, 0.05) is 17.8 Å². The average molecular weight is 223 g/mol. The van der Waals surface area contributed by atoms with Crippen LogP contribution in [0.4, 0.5) is 0 Å². The highest BCUT2D eigenvalue weighted by molar-refractivity contribution is 5.19. The third kappa shape index (κ3) is 2.38. The molecular formula is C12H21N3O. The van der Waals surface area contributed by atoms with Gasteiger partial charge in [0.15, 0.2) is 0 Å². The lowest BCUT2D eigenvalue weighted by atomic mass is 10.1. The predicted octanol–water partition coefficient (Wildman–Crippen LogP) is 1.01. The van der Waals surface area contributed by atoms with E-state index in [0.717, 1.165) is 37.9 Å². The van der Waals surface area contributed by atoms with E-state index in [0.29, 0.717) is 0 Å². The van der Waals surface area contributed by atoms with E-state index < -0.39 is 0 Å². The van der Waals surface area contributed by atoms with Crippen molar-refractivity contribution < 1.29 is 0 Å². The number of nitrogens with one attached hydrogen (secondary N) is 1. The van der Waals surface area contributed by atoms with Crippen LogP contribution in [0, 0.1) is 0 Å². The second kappa shape index (κ2) is 4.87. The van der Waals surface area contributed by atoms with Crippen molar-refractivity contribution >= 4 is 0 Å². The Labute approximate surface area is 96.2 Å². The van der Waals surface area contributed by atoms with Crippen LogP contribution in [0.25, 0.3) is 0 Å². The molecule has 90 valence electrons. The summed E-state index contributed by atoms with van der Waals surface area (Å²) in [5.74, 6) is 0. The SMILES string of the molecule is CN(C)CCn1[nH]c2c(c1=O)CCCCC2. The van der Waals surface area contributed by atoms with Crippen LogP contribution < -0.4 is 5.56 Å². The molecule has 4 nitrogen and oxygen atoms in total. The van der Waals surface area contributed by atoms with Crippen LogP contribution in [0.3, 0.4) is 0 Å². The first kappa shape index (κ1) is 11.5. The molecule has 0 bridgehead atoms. The van der Waals surface area contributed by atoms with Crippen molar-refractivity contribution in [3.63, 3.8) is 0 Å². The van der Waals surface area contributed by atoms with Gasteiger partial charge in [0.1, 0.15) is 0 Å². The van der Waals surface area contributed by atoms with E-state index in [9.17, 15) is 4.79 Å². The molecule has 0 saturated carbocycles. The molecule has 2 rings (SSSR count). The smallest absolute Gasteiger partial charge is 0.269 e. The standard InChI is InChI=1S/C12H21N3O/c1-14(2)8-9-15-12(16)10-6-4-3-5-7-11(10)13-15/h13H,3-9H2,1-2H3. The number of nitrogens with zero attached hydrogens (tertiary/aromatic N) is 2. The van der Waals surface area contributed by atoms with E-state index in [4.69, 9.17) is 0 Å². The Morgan fingerprint density at radius 1 is 1.25 bits per heavy atom. The van der Waals surface area contributed by atoms with Crippen molar-refractivity contribution in [3.8, 4) is 0 Å². The van der Waals surface area contributed by atoms with Crippen molar-refractivity contribution in [1.29, 1.82) is 0 Å². The molecule has 4 heteroatoms. The molecule has 0 aliphatic heterocycles. The van der Waals surface area contributed by atoms with Crippen LogP contribution in [-0.2, 0) is 19.4 Å². The van der Waals surface area contributed by atoms with Crippen LogP contribution in [0.2, 0.25) is 0 Å². The average Bonchev–Trinajstić information content (AvgIpc) is 2.43. The van der Waals surface area contributed by atoms with E-state index in [-0.39, 0.29) is 5.56 Å². The van der Waals surface area contributed by atoms with Gasteiger partial charge < -0.3 is 4.90 Å². The summed E-state index contributed by atoms with van der Waals surface area (Å²) in [5, 5.41) is 3.27. The molecule has 1 N–H and O–H groups in total. The molecule has 0 spiro atoms. The lowest BCUT2D eigenvalue weighted by Crippen LogP contribution is -2.26. The fourth-order valence-electron chi connectivity index (χ4n) is 2.28. The third-order valence-corrected chi connectivity index (χ3v) is 3.26. The number of aryl methyl sites for hydroxylation is 1. The summed E-state index contributed by atoms with van der Waals surface area (Å²) < 4.78 is 1.77. The molecule has 0 aromatic carbocycles. The summed E-state index contributed by atoms with van der Waals surface area (Å²) in [4.78, 5) is 14.2. The maximum Gasteiger partial charge on any atom is 0.269 e. The lowest BCUT2D eigenvalue weighted by molar-refractivity contribution is 0.369. The van der Waals surface area contributed by atoms with E-state index in [1.165, 1.54) is 18.5 Å². The Balaban J connectivity index is 2.18. The van der Waals surface area contributed by atoms with Crippen molar-refractivity contribution in [2.24, 2.45) is 0 Å². The van der Waals surface area contributed by atoms with E-state index in [2.05, 4.69) is 10.00 Å². The second-order valence-electron chi connectivity index (χ2n) is 4.89. The monoisotopic (exact) mass is 223 g/mol. The minimum absolute atomic E-state index is 0.207. The largest absolute Gasteiger partial charge is 0.308 e. The summed E-state index contributed by atoms with van der Waals surface area (Å²) in [7, 11) is 4.05. The maximum atomic E-state index is 12.1. The number of hydrogen-bond acceptors (Lipinski definition) is 2. The molecule has 1 aliphatic rings. The second-order valence-corrected chi connectivity index (χ2v) is 4.89. The molecule has 0 unspecified atom stereocenters. The molecule has 16 heavy (non-hydrogen) atoms. The number of aromatic nitrogens is 2. The molecular weight excluding hydrogens is 202 g/mol. The third-order valence-electron chi connectivity index (χ3n) is 3.26. The van der Waals surface area contributed by atoms with Crippen LogP contribution in [0.5, 0.6) is 0 Å². The Morgan fingerprint density at radius 2 is 2.00 bits per heavy atom. The summed E-state index contributed by atoms with van der Waals surface area (Å²) in [6, 6.07) is 0. The normalized spacial score (nSPS) is 16.2. The molecule has 0 amide bonds. The van der Waals surface area contributed by atoms with Crippen LogP contribution in [0.1, 0.15) is 30.5 Å². The number of fused-ring (bicyclic) bond motifs is 1. The highest BCUT2D eigenvalue weighted by Gasteiger charge is 2.15. The molecule has 1 heterocycles. The summed E-state index contributed by atoms with van der Waals surface area (Å²) >= 11 is 0. The first-order chi connectivity index (χ1) is 7.68. The van der Waals surface area contributed by atoms with Gasteiger partial charge in [-0.25, -0.2) is 0 Å². The van der Waals surface area contributed by atoms with Gasteiger partial charge in [-0.15, -0.1) is 0 Å². The van der Waals surface area contributed by atoms with Crippen LogP contribution in [0.15, 0.2) is 4.79 Å². The molecule has 0 atom stereocenters. The summed E-state index contributed by atoms with van der Waals surface area (Å²) in [6.45, 7) is 1.66. The molecule has 0 fully saturated rings. The van der Waals surface area contributed by atoms with Gasteiger partial charge in [0.2, 0.25) is 0 Å². The maximum absolute atomic E-state index is 12.1. The highest BCUT2D eigenvalue weighted by Crippen LogP contribution is 2.15. The quantitative estimate of drug-likeness (QED) is 0.777. The van der Waals surface area contributed by atoms with Crippen LogP contribution in [-0.4, -0.2) is 35.3 Å². The van der Waals surface area contributed by atoms with Gasteiger partial charge in [-0.05, 0) is 39.8 Å². The number of aromatic amines is 1. The molecule has 1 aromatic heterocycles. The van der Waals surface area contributed by atoms with Gasteiger partial charge >= 0.3 is 0 Å². The predicted molar refractivity (Wildman–Crippen MR) is 64.9 cm³/mol. The molecule has 1 aliphatic carbocycles. The van der Waals surface area contributed by atoms with Gasteiger partial charge in [-0.1, -0.05) is 6.42 Å². The Kier molecular flexibility index (Phi) is 3.49. The van der Waals surface area contributed by atoms with Crippen LogP contribution >= 0.6 is 0 Å². The van der Waals surface area contributed by atoms with Crippen molar-refractivity contribution in [3.05, 3.63) is 21.6 Å². The van der Waals surface area contributed by atoms with Crippen molar-refractivity contribution in [1.82, 2.24) is 14.7 Å². The minimum atomic E-state index is 0.207. The summed E-state index contributed by atoms with van der Waals surface area (Å²) in [5.41, 5.74) is 2.43. The zero-order valence-electron chi connectivity index (χ0n) is 10.3. The first-order valence-electron chi connectivity index (χ1n) is 6.14. The van der Waals surface area contributed by atoms with Gasteiger partial charge in [-0.3, -0.25) is 14.6 Å². The topological polar surface area (TPSA) is 41.0 Å². The zero-order valence-corrected chi connectivity index (χ0v) is 10.3. The highest BCUT2D eigenvalue weighted by atomic mass is 16.1. The van der Waals surface area contributed by atoms with E-state index in [1.54, 1.807) is 4.68 Å². The van der Waals surface area contributed by atoms with Gasteiger partial charge in [0.05, 0.1) is 6.54 Å². The van der Waals surface area contributed by atoms with Gasteiger partial charge in [-0.2, -0.15) is 0 Å². The number of hydrogen-bond donors (Lipinski definition) is 1. The fraction of sp³-hybridized carbons (Fsp3) is 0.750. The Hall–Kier alpha value is -1.03. The minimum Gasteiger partial charge on any atom is -0.308 e. The first-order valence-corrected chi connectivity index (χ1v) is 6.14. The fourth-order valence-corrected chi connectivity index (χ4v) is 2.28. The molecule has 1 aromatic rings. The lowest BCUT2D eigenvalue weighted by Gasteiger charge is -2.09. The van der Waals surface area contributed by atoms with E-state index in [1.807, 2.05) is 14.1 Å². The number of rotatable bonds is 3. The van der Waals surface area contributed by atoms with Crippen molar-refractivity contribution in [2.45, 2.75) is 38.6 Å². The summed E-state index contributed by atoms with van der Waals surface area (Å²) in [6.07, 6.45) is 5.62. The number of H-pyrrole nitrogens is 1. The van der Waals surface area contributed by atoms with Gasteiger partial charge in [0.25, 0.3) is 5.56 Å². The molecule has 0 radical (unpaired) electrons. The number of likely N-dealkylation sites (N-methyl/N-ethyl adjacent to an activating group) is 1. The Morgan fingerprint density at radius 3 is 2.75 bits per heavy atom. The van der Waals surface area contributed by atoms with Crippen molar-refractivity contribution in [2.75, 3.05) is 20.6 Å². The zero-order chi connectivity index (χ0) is 11.5. The van der Waals surface area contributed by atoms with E-state index >= 15 is 0 Å². The molecule has 0 saturated heterocycles. The Bertz CT molecular complexity index is 403.